The van der Waals surface area contributed by atoms with Crippen LogP contribution in [0, 0.1) is 0 Å². The third kappa shape index (κ3) is 3.76. The van der Waals surface area contributed by atoms with Gasteiger partial charge < -0.3 is 20.5 Å². The second kappa shape index (κ2) is 6.65. The first-order valence-corrected chi connectivity index (χ1v) is 6.56. The van der Waals surface area contributed by atoms with Gasteiger partial charge in [0.15, 0.2) is 0 Å². The van der Waals surface area contributed by atoms with Crippen LogP contribution in [0.4, 0.5) is 5.69 Å². The average molecular weight is 264 g/mol. The van der Waals surface area contributed by atoms with Gasteiger partial charge in [-0.15, -0.1) is 0 Å². The third-order valence-corrected chi connectivity index (χ3v) is 3.22. The third-order valence-electron chi connectivity index (χ3n) is 3.22. The lowest BCUT2D eigenvalue weighted by Gasteiger charge is -2.29. The summed E-state index contributed by atoms with van der Waals surface area (Å²) in [7, 11) is 0. The molecule has 19 heavy (non-hydrogen) atoms. The zero-order chi connectivity index (χ0) is 13.7. The molecule has 1 aliphatic rings. The number of hydrogen-bond acceptors (Lipinski definition) is 4. The zero-order valence-electron chi connectivity index (χ0n) is 11.1. The van der Waals surface area contributed by atoms with Crippen LogP contribution >= 0.6 is 0 Å². The molecule has 0 spiro atoms. The number of carbonyl (C=O) groups excluding carboxylic acids is 1. The Bertz CT molecular complexity index is 419. The molecule has 5 heteroatoms. The number of aliphatic hydroxyl groups is 1. The van der Waals surface area contributed by atoms with Crippen molar-refractivity contribution in [3.05, 3.63) is 29.8 Å². The Balaban J connectivity index is 1.94. The van der Waals surface area contributed by atoms with Gasteiger partial charge in [-0.3, -0.25) is 4.79 Å². The van der Waals surface area contributed by atoms with E-state index in [0.29, 0.717) is 19.6 Å². The molecular formula is C14H20N2O3. The van der Waals surface area contributed by atoms with Gasteiger partial charge in [0.05, 0.1) is 12.7 Å². The second-order valence-electron chi connectivity index (χ2n) is 4.67. The lowest BCUT2D eigenvalue weighted by Crippen LogP contribution is -2.53. The number of aliphatic hydroxyl groups excluding tert-OH is 1. The summed E-state index contributed by atoms with van der Waals surface area (Å²) in [5.74, 6) is -0.0814. The predicted molar refractivity (Wildman–Crippen MR) is 73.1 cm³/mol. The number of morpholine rings is 1. The first-order valence-electron chi connectivity index (χ1n) is 6.56. The molecule has 0 saturated carbocycles. The highest BCUT2D eigenvalue weighted by atomic mass is 16.5. The standard InChI is InChI=1S/C14H20N2O3/c1-10-13(15-7-9-19-10)14(18)16-12-4-2-11(3-5-12)6-8-17/h2-5,10,13,15,17H,6-9H2,1H3,(H,16,18)/t10-,13+/m1/s1. The summed E-state index contributed by atoms with van der Waals surface area (Å²) in [4.78, 5) is 12.1. The van der Waals surface area contributed by atoms with E-state index in [1.54, 1.807) is 0 Å². The second-order valence-corrected chi connectivity index (χ2v) is 4.67. The van der Waals surface area contributed by atoms with E-state index in [2.05, 4.69) is 10.6 Å². The Morgan fingerprint density at radius 3 is 2.84 bits per heavy atom. The average Bonchev–Trinajstić information content (AvgIpc) is 2.42. The van der Waals surface area contributed by atoms with Gasteiger partial charge in [-0.25, -0.2) is 0 Å². The number of benzene rings is 1. The summed E-state index contributed by atoms with van der Waals surface area (Å²) in [5, 5.41) is 14.9. The van der Waals surface area contributed by atoms with E-state index in [1.807, 2.05) is 31.2 Å². The molecule has 0 bridgehead atoms. The van der Waals surface area contributed by atoms with Gasteiger partial charge in [0.25, 0.3) is 0 Å². The van der Waals surface area contributed by atoms with Gasteiger partial charge >= 0.3 is 0 Å². The number of nitrogens with one attached hydrogen (secondary N) is 2. The predicted octanol–water partition coefficient (Wildman–Crippen LogP) is 0.537. The molecule has 0 radical (unpaired) electrons. The maximum atomic E-state index is 12.1. The molecule has 1 fully saturated rings. The van der Waals surface area contributed by atoms with E-state index in [1.165, 1.54) is 0 Å². The highest BCUT2D eigenvalue weighted by molar-refractivity contribution is 5.95. The molecule has 5 nitrogen and oxygen atoms in total. The lowest BCUT2D eigenvalue weighted by molar-refractivity contribution is -0.123. The first kappa shape index (κ1) is 14.0. The Morgan fingerprint density at radius 2 is 2.21 bits per heavy atom. The van der Waals surface area contributed by atoms with E-state index in [-0.39, 0.29) is 24.7 Å². The molecule has 1 aliphatic heterocycles. The van der Waals surface area contributed by atoms with Gasteiger partial charge in [-0.1, -0.05) is 12.1 Å². The summed E-state index contributed by atoms with van der Waals surface area (Å²) in [6, 6.07) is 7.18. The van der Waals surface area contributed by atoms with E-state index < -0.39 is 0 Å². The zero-order valence-corrected chi connectivity index (χ0v) is 11.1. The Kier molecular flexibility index (Phi) is 4.90. The van der Waals surface area contributed by atoms with Crippen molar-refractivity contribution in [2.45, 2.75) is 25.5 Å². The highest BCUT2D eigenvalue weighted by Gasteiger charge is 2.28. The molecular weight excluding hydrogens is 244 g/mol. The largest absolute Gasteiger partial charge is 0.396 e. The lowest BCUT2D eigenvalue weighted by atomic mass is 10.1. The van der Waals surface area contributed by atoms with Crippen molar-refractivity contribution in [2.75, 3.05) is 25.1 Å². The molecule has 1 aromatic carbocycles. The van der Waals surface area contributed by atoms with Crippen LogP contribution in [-0.4, -0.2) is 42.9 Å². The topological polar surface area (TPSA) is 70.6 Å². The molecule has 1 heterocycles. The normalized spacial score (nSPS) is 23.1. The molecule has 3 N–H and O–H groups in total. The van der Waals surface area contributed by atoms with Crippen LogP contribution in [0.3, 0.4) is 0 Å². The van der Waals surface area contributed by atoms with Gasteiger partial charge in [0.2, 0.25) is 5.91 Å². The van der Waals surface area contributed by atoms with Crippen molar-refractivity contribution in [3.8, 4) is 0 Å². The fourth-order valence-electron chi connectivity index (χ4n) is 2.13. The quantitative estimate of drug-likeness (QED) is 0.742. The van der Waals surface area contributed by atoms with Crippen molar-refractivity contribution < 1.29 is 14.6 Å². The van der Waals surface area contributed by atoms with E-state index in [4.69, 9.17) is 9.84 Å². The Morgan fingerprint density at radius 1 is 1.47 bits per heavy atom. The molecule has 2 atom stereocenters. The van der Waals surface area contributed by atoms with Crippen molar-refractivity contribution in [1.82, 2.24) is 5.32 Å². The highest BCUT2D eigenvalue weighted by Crippen LogP contribution is 2.12. The summed E-state index contributed by atoms with van der Waals surface area (Å²) in [6.45, 7) is 3.35. The van der Waals surface area contributed by atoms with Gasteiger partial charge in [0.1, 0.15) is 6.04 Å². The number of amides is 1. The van der Waals surface area contributed by atoms with Crippen molar-refractivity contribution in [1.29, 1.82) is 0 Å². The minimum absolute atomic E-state index is 0.0814. The smallest absolute Gasteiger partial charge is 0.244 e. The number of rotatable bonds is 4. The Labute approximate surface area is 113 Å². The summed E-state index contributed by atoms with van der Waals surface area (Å²) in [6.07, 6.45) is 0.505. The van der Waals surface area contributed by atoms with Crippen molar-refractivity contribution in [2.24, 2.45) is 0 Å². The van der Waals surface area contributed by atoms with Crippen molar-refractivity contribution >= 4 is 11.6 Å². The van der Waals surface area contributed by atoms with E-state index in [0.717, 1.165) is 11.3 Å². The number of anilines is 1. The van der Waals surface area contributed by atoms with Crippen LogP contribution in [0.25, 0.3) is 0 Å². The minimum Gasteiger partial charge on any atom is -0.396 e. The SMILES string of the molecule is C[C@H]1OCCN[C@@H]1C(=O)Nc1ccc(CCO)cc1. The maximum absolute atomic E-state index is 12.1. The van der Waals surface area contributed by atoms with Crippen molar-refractivity contribution in [3.63, 3.8) is 0 Å². The molecule has 104 valence electrons. The molecule has 1 aromatic rings. The maximum Gasteiger partial charge on any atom is 0.244 e. The van der Waals surface area contributed by atoms with Crippen LogP contribution in [0.5, 0.6) is 0 Å². The van der Waals surface area contributed by atoms with Crippen LogP contribution in [0.1, 0.15) is 12.5 Å². The molecule has 1 amide bonds. The van der Waals surface area contributed by atoms with Gasteiger partial charge in [0, 0.05) is 18.8 Å². The molecule has 0 aromatic heterocycles. The van der Waals surface area contributed by atoms with E-state index in [9.17, 15) is 4.79 Å². The number of carbonyl (C=O) groups is 1. The van der Waals surface area contributed by atoms with Gasteiger partial charge in [-0.05, 0) is 31.0 Å². The summed E-state index contributed by atoms with van der Waals surface area (Å²) < 4.78 is 5.45. The number of ether oxygens (including phenoxy) is 1. The van der Waals surface area contributed by atoms with Gasteiger partial charge in [-0.2, -0.15) is 0 Å². The molecule has 2 rings (SSSR count). The molecule has 0 unspecified atom stereocenters. The molecule has 1 saturated heterocycles. The van der Waals surface area contributed by atoms with Crippen LogP contribution in [0.15, 0.2) is 24.3 Å². The fraction of sp³-hybridized carbons (Fsp3) is 0.500. The van der Waals surface area contributed by atoms with Crippen LogP contribution in [-0.2, 0) is 16.0 Å². The van der Waals surface area contributed by atoms with E-state index >= 15 is 0 Å². The monoisotopic (exact) mass is 264 g/mol. The Hall–Kier alpha value is -1.43. The van der Waals surface area contributed by atoms with Crippen LogP contribution in [0.2, 0.25) is 0 Å². The summed E-state index contributed by atoms with van der Waals surface area (Å²) in [5.41, 5.74) is 1.80. The summed E-state index contributed by atoms with van der Waals surface area (Å²) >= 11 is 0. The minimum atomic E-state index is -0.314. The fourth-order valence-corrected chi connectivity index (χ4v) is 2.13. The number of hydrogen-bond donors (Lipinski definition) is 3. The van der Waals surface area contributed by atoms with Crippen LogP contribution < -0.4 is 10.6 Å². The molecule has 0 aliphatic carbocycles. The first-order chi connectivity index (χ1) is 9.20.